The molecule has 1 aromatic carbocycles. The van der Waals surface area contributed by atoms with E-state index in [2.05, 4.69) is 16.5 Å². The second-order valence-corrected chi connectivity index (χ2v) is 4.49. The van der Waals surface area contributed by atoms with Crippen LogP contribution < -0.4 is 4.90 Å². The van der Waals surface area contributed by atoms with Crippen molar-refractivity contribution in [3.05, 3.63) is 48.4 Å². The summed E-state index contributed by atoms with van der Waals surface area (Å²) in [5.74, 6) is -0.479. The fourth-order valence-corrected chi connectivity index (χ4v) is 1.78. The van der Waals surface area contributed by atoms with Crippen molar-refractivity contribution in [3.8, 4) is 11.3 Å². The first kappa shape index (κ1) is 17.8. The molecule has 2 aromatic rings. The average Bonchev–Trinajstić information content (AvgIpc) is 2.56. The molecule has 0 amide bonds. The Morgan fingerprint density at radius 2 is 1.82 bits per heavy atom. The number of alkyl halides is 2. The Bertz CT molecular complexity index is 625. The van der Waals surface area contributed by atoms with Gasteiger partial charge < -0.3 is 4.90 Å². The molecule has 0 aliphatic carbocycles. The largest absolute Gasteiger partial charge is 0.378 e. The molecule has 0 fully saturated rings. The highest BCUT2D eigenvalue weighted by Gasteiger charge is 2.14. The Morgan fingerprint density at radius 1 is 1.14 bits per heavy atom. The Morgan fingerprint density at radius 3 is 2.36 bits per heavy atom. The summed E-state index contributed by atoms with van der Waals surface area (Å²) < 4.78 is 25.6. The van der Waals surface area contributed by atoms with Gasteiger partial charge in [0.15, 0.2) is 5.82 Å². The third-order valence-electron chi connectivity index (χ3n) is 2.83. The minimum Gasteiger partial charge on any atom is -0.378 e. The summed E-state index contributed by atoms with van der Waals surface area (Å²) in [6.07, 6.45) is -1.27. The molecule has 0 saturated heterocycles. The number of hydrogen-bond acceptors (Lipinski definition) is 3. The van der Waals surface area contributed by atoms with Crippen molar-refractivity contribution in [1.82, 2.24) is 9.97 Å². The molecule has 1 heterocycles. The number of rotatable bonds is 4. The molecule has 0 bridgehead atoms. The lowest BCUT2D eigenvalue weighted by molar-refractivity contribution is 0.140. The zero-order valence-electron chi connectivity index (χ0n) is 13.3. The molecule has 0 radical (unpaired) electrons. The van der Waals surface area contributed by atoms with Crippen LogP contribution in [0.1, 0.15) is 31.8 Å². The number of halogens is 2. The van der Waals surface area contributed by atoms with Gasteiger partial charge in [-0.1, -0.05) is 32.6 Å². The first-order chi connectivity index (χ1) is 10.5. The van der Waals surface area contributed by atoms with E-state index in [-0.39, 0.29) is 0 Å². The summed E-state index contributed by atoms with van der Waals surface area (Å²) >= 11 is 0. The average molecular weight is 305 g/mol. The first-order valence-electron chi connectivity index (χ1n) is 7.08. The van der Waals surface area contributed by atoms with Gasteiger partial charge in [0.1, 0.15) is 0 Å². The van der Waals surface area contributed by atoms with E-state index in [0.29, 0.717) is 11.4 Å². The van der Waals surface area contributed by atoms with E-state index >= 15 is 0 Å². The molecule has 0 aliphatic rings. The van der Waals surface area contributed by atoms with Crippen LogP contribution >= 0.6 is 0 Å². The Hall–Kier alpha value is -2.30. The van der Waals surface area contributed by atoms with Crippen LogP contribution in [-0.2, 0) is 0 Å². The van der Waals surface area contributed by atoms with Gasteiger partial charge in [0.25, 0.3) is 6.43 Å². The van der Waals surface area contributed by atoms with Gasteiger partial charge in [-0.2, -0.15) is 0 Å². The second-order valence-electron chi connectivity index (χ2n) is 4.49. The van der Waals surface area contributed by atoms with Crippen LogP contribution in [0.3, 0.4) is 0 Å². The predicted octanol–water partition coefficient (Wildman–Crippen LogP) is 4.82. The summed E-state index contributed by atoms with van der Waals surface area (Å²) in [6.45, 7) is 7.57. The fraction of sp³-hybridized carbons (Fsp3) is 0.294. The van der Waals surface area contributed by atoms with E-state index in [1.54, 1.807) is 6.07 Å². The van der Waals surface area contributed by atoms with Gasteiger partial charge >= 0.3 is 0 Å². The monoisotopic (exact) mass is 305 g/mol. The van der Waals surface area contributed by atoms with E-state index in [9.17, 15) is 8.78 Å². The minimum atomic E-state index is -2.70. The topological polar surface area (TPSA) is 29.0 Å². The third kappa shape index (κ3) is 4.35. The molecular weight excluding hydrogens is 284 g/mol. The van der Waals surface area contributed by atoms with Crippen LogP contribution in [0.4, 0.5) is 14.5 Å². The van der Waals surface area contributed by atoms with Crippen LogP contribution in [0.15, 0.2) is 36.9 Å². The van der Waals surface area contributed by atoms with Gasteiger partial charge in [-0.05, 0) is 24.3 Å². The molecule has 0 spiro atoms. The third-order valence-corrected chi connectivity index (χ3v) is 2.83. The zero-order valence-corrected chi connectivity index (χ0v) is 13.3. The molecule has 0 aliphatic heterocycles. The maximum Gasteiger partial charge on any atom is 0.297 e. The molecule has 0 atom stereocenters. The van der Waals surface area contributed by atoms with Gasteiger partial charge in [-0.3, -0.25) is 0 Å². The lowest BCUT2D eigenvalue weighted by Crippen LogP contribution is -2.08. The van der Waals surface area contributed by atoms with Crippen LogP contribution in [0.25, 0.3) is 17.3 Å². The van der Waals surface area contributed by atoms with E-state index in [0.717, 1.165) is 11.3 Å². The Labute approximate surface area is 130 Å². The summed E-state index contributed by atoms with van der Waals surface area (Å²) in [4.78, 5) is 9.61. The van der Waals surface area contributed by atoms with Crippen molar-refractivity contribution in [1.29, 1.82) is 0 Å². The normalized spacial score (nSPS) is 9.95. The van der Waals surface area contributed by atoms with Crippen LogP contribution in [0.2, 0.25) is 0 Å². The second kappa shape index (κ2) is 8.22. The van der Waals surface area contributed by atoms with Crippen molar-refractivity contribution in [3.63, 3.8) is 0 Å². The van der Waals surface area contributed by atoms with E-state index in [4.69, 9.17) is 0 Å². The molecule has 2 rings (SSSR count). The molecule has 1 aromatic heterocycles. The van der Waals surface area contributed by atoms with Crippen LogP contribution in [-0.4, -0.2) is 24.1 Å². The zero-order chi connectivity index (χ0) is 16.7. The van der Waals surface area contributed by atoms with Crippen LogP contribution in [0, 0.1) is 0 Å². The molecule has 0 N–H and O–H groups in total. The number of benzene rings is 1. The maximum absolute atomic E-state index is 12.8. The van der Waals surface area contributed by atoms with Gasteiger partial charge in [0.2, 0.25) is 0 Å². The number of hydrogen-bond donors (Lipinski definition) is 0. The maximum atomic E-state index is 12.8. The van der Waals surface area contributed by atoms with Crippen molar-refractivity contribution >= 4 is 11.8 Å². The molecule has 0 unspecified atom stereocenters. The molecule has 5 heteroatoms. The lowest BCUT2D eigenvalue weighted by Gasteiger charge is -2.13. The minimum absolute atomic E-state index is 0.389. The highest BCUT2D eigenvalue weighted by atomic mass is 19.3. The van der Waals surface area contributed by atoms with Crippen molar-refractivity contribution < 1.29 is 8.78 Å². The summed E-state index contributed by atoms with van der Waals surface area (Å²) in [5, 5.41) is 0. The molecule has 118 valence electrons. The van der Waals surface area contributed by atoms with Crippen LogP contribution in [0.5, 0.6) is 0 Å². The van der Waals surface area contributed by atoms with Gasteiger partial charge in [0.05, 0.1) is 11.4 Å². The van der Waals surface area contributed by atoms with Crippen molar-refractivity contribution in [2.24, 2.45) is 0 Å². The highest BCUT2D eigenvalue weighted by molar-refractivity contribution is 5.67. The van der Waals surface area contributed by atoms with E-state index in [1.165, 1.54) is 6.08 Å². The van der Waals surface area contributed by atoms with Gasteiger partial charge in [0, 0.05) is 25.3 Å². The molecular formula is C17H21F2N3. The summed E-state index contributed by atoms with van der Waals surface area (Å²) in [6, 6.07) is 9.17. The van der Waals surface area contributed by atoms with Crippen molar-refractivity contribution in [2.75, 3.05) is 19.0 Å². The van der Waals surface area contributed by atoms with E-state index in [1.807, 2.05) is 57.1 Å². The first-order valence-corrected chi connectivity index (χ1v) is 7.08. The quantitative estimate of drug-likeness (QED) is 0.811. The number of nitrogens with zero attached hydrogens (tertiary/aromatic N) is 3. The Balaban J connectivity index is 0.00000116. The number of aromatic nitrogens is 2. The standard InChI is InChI=1S/C15H15F2N3.C2H6/c1-4-11-9-13(19-15(18-11)14(16)17)10-6-5-7-12(8-10)20(2)3;1-2/h4-9,14H,1H2,2-3H3;1-2H3. The fourth-order valence-electron chi connectivity index (χ4n) is 1.78. The molecule has 3 nitrogen and oxygen atoms in total. The number of anilines is 1. The lowest BCUT2D eigenvalue weighted by atomic mass is 10.1. The highest BCUT2D eigenvalue weighted by Crippen LogP contribution is 2.25. The smallest absolute Gasteiger partial charge is 0.297 e. The summed E-state index contributed by atoms with van der Waals surface area (Å²) in [5.41, 5.74) is 2.60. The van der Waals surface area contributed by atoms with Crippen molar-refractivity contribution in [2.45, 2.75) is 20.3 Å². The molecule has 0 saturated carbocycles. The van der Waals surface area contributed by atoms with Gasteiger partial charge in [-0.25, -0.2) is 18.7 Å². The van der Waals surface area contributed by atoms with Gasteiger partial charge in [-0.15, -0.1) is 0 Å². The molecule has 22 heavy (non-hydrogen) atoms. The SMILES string of the molecule is C=Cc1cc(-c2cccc(N(C)C)c2)nc(C(F)F)n1.CC. The Kier molecular flexibility index (Phi) is 6.63. The van der Waals surface area contributed by atoms with E-state index < -0.39 is 12.2 Å². The summed E-state index contributed by atoms with van der Waals surface area (Å²) in [7, 11) is 3.83. The predicted molar refractivity (Wildman–Crippen MR) is 88.2 cm³/mol.